The molecule has 1 N–H and O–H groups in total. The molecule has 1 aromatic heterocycles. The number of methoxy groups -OCH3 is 1. The van der Waals surface area contributed by atoms with Crippen LogP contribution < -0.4 is 4.90 Å². The lowest BCUT2D eigenvalue weighted by molar-refractivity contribution is 0.0496. The van der Waals surface area contributed by atoms with Crippen LogP contribution in [0.3, 0.4) is 0 Å². The number of aromatic nitrogens is 1. The zero-order valence-corrected chi connectivity index (χ0v) is 11.6. The van der Waals surface area contributed by atoms with Gasteiger partial charge in [-0.2, -0.15) is 0 Å². The van der Waals surface area contributed by atoms with Crippen LogP contribution in [0.4, 0.5) is 5.82 Å². The lowest BCUT2D eigenvalue weighted by Gasteiger charge is -2.37. The molecule has 0 aromatic carbocycles. The van der Waals surface area contributed by atoms with Gasteiger partial charge in [-0.1, -0.05) is 6.92 Å². The summed E-state index contributed by atoms with van der Waals surface area (Å²) in [5, 5.41) is 8.95. The second-order valence-electron chi connectivity index (χ2n) is 5.16. The van der Waals surface area contributed by atoms with Crippen molar-refractivity contribution in [2.45, 2.75) is 26.4 Å². The van der Waals surface area contributed by atoms with E-state index in [9.17, 15) is 4.79 Å². The lowest BCUT2D eigenvalue weighted by Crippen LogP contribution is -2.44. The van der Waals surface area contributed by atoms with Gasteiger partial charge in [0.15, 0.2) is 0 Å². The first kappa shape index (κ1) is 13.8. The van der Waals surface area contributed by atoms with Gasteiger partial charge in [0, 0.05) is 26.4 Å². The van der Waals surface area contributed by atoms with Crippen LogP contribution in [0.5, 0.6) is 0 Å². The van der Waals surface area contributed by atoms with Gasteiger partial charge in [-0.3, -0.25) is 0 Å². The summed E-state index contributed by atoms with van der Waals surface area (Å²) in [6, 6.07) is 1.67. The third-order valence-electron chi connectivity index (χ3n) is 3.79. The number of ether oxygens (including phenoxy) is 1. The van der Waals surface area contributed by atoms with Gasteiger partial charge >= 0.3 is 5.97 Å². The molecule has 1 fully saturated rings. The van der Waals surface area contributed by atoms with E-state index in [1.54, 1.807) is 13.2 Å². The molecule has 104 valence electrons. The van der Waals surface area contributed by atoms with Gasteiger partial charge in [-0.25, -0.2) is 9.78 Å². The third-order valence-corrected chi connectivity index (χ3v) is 3.79. The maximum Gasteiger partial charge on any atom is 0.337 e. The van der Waals surface area contributed by atoms with Crippen molar-refractivity contribution in [3.8, 4) is 0 Å². The highest BCUT2D eigenvalue weighted by molar-refractivity contribution is 5.87. The van der Waals surface area contributed by atoms with Gasteiger partial charge in [-0.05, 0) is 30.9 Å². The molecule has 2 atom stereocenters. The standard InChI is InChI=1S/C14H20N2O3/c1-9-4-5-16(8-12(9)19-3)13-10(2)6-11(7-15-13)14(17)18/h6-7,9,12H,4-5,8H2,1-3H3,(H,17,18). The molecule has 5 nitrogen and oxygen atoms in total. The van der Waals surface area contributed by atoms with E-state index in [0.29, 0.717) is 5.92 Å². The SMILES string of the molecule is COC1CN(c2ncc(C(=O)O)cc2C)CCC1C. The van der Waals surface area contributed by atoms with Crippen LogP contribution in [0.15, 0.2) is 12.3 Å². The Morgan fingerprint density at radius 3 is 2.89 bits per heavy atom. The van der Waals surface area contributed by atoms with E-state index >= 15 is 0 Å². The molecule has 0 saturated carbocycles. The molecule has 5 heteroatoms. The molecule has 1 saturated heterocycles. The Labute approximate surface area is 113 Å². The van der Waals surface area contributed by atoms with Crippen LogP contribution in [-0.2, 0) is 4.74 Å². The average Bonchev–Trinajstić information content (AvgIpc) is 2.39. The zero-order valence-electron chi connectivity index (χ0n) is 11.6. The molecule has 2 unspecified atom stereocenters. The summed E-state index contributed by atoms with van der Waals surface area (Å²) in [7, 11) is 1.73. The molecule has 2 rings (SSSR count). The van der Waals surface area contributed by atoms with E-state index in [-0.39, 0.29) is 11.7 Å². The van der Waals surface area contributed by atoms with Crippen LogP contribution in [-0.4, -0.2) is 42.4 Å². The Morgan fingerprint density at radius 1 is 1.58 bits per heavy atom. The van der Waals surface area contributed by atoms with E-state index in [2.05, 4.69) is 16.8 Å². The second-order valence-corrected chi connectivity index (χ2v) is 5.16. The van der Waals surface area contributed by atoms with Gasteiger partial charge < -0.3 is 14.7 Å². The van der Waals surface area contributed by atoms with Gasteiger partial charge in [0.05, 0.1) is 11.7 Å². The highest BCUT2D eigenvalue weighted by atomic mass is 16.5. The van der Waals surface area contributed by atoms with E-state index in [0.717, 1.165) is 30.9 Å². The predicted octanol–water partition coefficient (Wildman–Crippen LogP) is 1.95. The fourth-order valence-electron chi connectivity index (χ4n) is 2.55. The number of aromatic carboxylic acids is 1. The van der Waals surface area contributed by atoms with E-state index < -0.39 is 5.97 Å². The van der Waals surface area contributed by atoms with Crippen molar-refractivity contribution in [1.82, 2.24) is 4.98 Å². The second kappa shape index (κ2) is 5.57. The smallest absolute Gasteiger partial charge is 0.337 e. The van der Waals surface area contributed by atoms with Gasteiger partial charge in [-0.15, -0.1) is 0 Å². The fourth-order valence-corrected chi connectivity index (χ4v) is 2.55. The first-order valence-corrected chi connectivity index (χ1v) is 6.50. The zero-order chi connectivity index (χ0) is 14.0. The summed E-state index contributed by atoms with van der Waals surface area (Å²) in [6.45, 7) is 5.83. The Morgan fingerprint density at radius 2 is 2.32 bits per heavy atom. The molecule has 1 aliphatic heterocycles. The average molecular weight is 264 g/mol. The third kappa shape index (κ3) is 2.87. The van der Waals surface area contributed by atoms with Crippen molar-refractivity contribution in [2.24, 2.45) is 5.92 Å². The van der Waals surface area contributed by atoms with E-state index in [4.69, 9.17) is 9.84 Å². The molecule has 0 amide bonds. The Bertz CT molecular complexity index is 476. The van der Waals surface area contributed by atoms with Crippen LogP contribution in [0.1, 0.15) is 29.3 Å². The number of pyridine rings is 1. The van der Waals surface area contributed by atoms with Crippen molar-refractivity contribution in [3.63, 3.8) is 0 Å². The Hall–Kier alpha value is -1.62. The van der Waals surface area contributed by atoms with Crippen LogP contribution in [0.2, 0.25) is 0 Å². The van der Waals surface area contributed by atoms with Gasteiger partial charge in [0.2, 0.25) is 0 Å². The number of carbonyl (C=O) groups is 1. The summed E-state index contributed by atoms with van der Waals surface area (Å²) in [6.07, 6.45) is 2.68. The quantitative estimate of drug-likeness (QED) is 0.904. The van der Waals surface area contributed by atoms with Gasteiger partial charge in [0.1, 0.15) is 5.82 Å². The fraction of sp³-hybridized carbons (Fsp3) is 0.571. The minimum atomic E-state index is -0.941. The molecule has 1 aromatic rings. The summed E-state index contributed by atoms with van der Waals surface area (Å²) in [5.41, 5.74) is 1.12. The molecule has 0 radical (unpaired) electrons. The van der Waals surface area contributed by atoms with Crippen LogP contribution >= 0.6 is 0 Å². The highest BCUT2D eigenvalue weighted by Crippen LogP contribution is 2.26. The molecule has 19 heavy (non-hydrogen) atoms. The maximum absolute atomic E-state index is 10.9. The molecule has 0 aliphatic carbocycles. The summed E-state index contributed by atoms with van der Waals surface area (Å²) in [4.78, 5) is 17.4. The maximum atomic E-state index is 10.9. The van der Waals surface area contributed by atoms with Crippen LogP contribution in [0, 0.1) is 12.8 Å². The van der Waals surface area contributed by atoms with Crippen LogP contribution in [0.25, 0.3) is 0 Å². The molecular weight excluding hydrogens is 244 g/mol. The highest BCUT2D eigenvalue weighted by Gasteiger charge is 2.27. The first-order valence-electron chi connectivity index (χ1n) is 6.50. The van der Waals surface area contributed by atoms with Crippen molar-refractivity contribution in [3.05, 3.63) is 23.4 Å². The number of carboxylic acids is 1. The topological polar surface area (TPSA) is 62.7 Å². The van der Waals surface area contributed by atoms with E-state index in [1.165, 1.54) is 6.20 Å². The first-order chi connectivity index (χ1) is 9.02. The van der Waals surface area contributed by atoms with Gasteiger partial charge in [0.25, 0.3) is 0 Å². The molecule has 1 aliphatic rings. The Balaban J connectivity index is 2.20. The number of piperidine rings is 1. The monoisotopic (exact) mass is 264 g/mol. The number of carboxylic acid groups (broad SMARTS) is 1. The molecule has 2 heterocycles. The van der Waals surface area contributed by atoms with Crippen molar-refractivity contribution in [1.29, 1.82) is 0 Å². The van der Waals surface area contributed by atoms with Crippen molar-refractivity contribution < 1.29 is 14.6 Å². The normalized spacial score (nSPS) is 23.4. The number of rotatable bonds is 3. The summed E-state index contributed by atoms with van der Waals surface area (Å²) >= 11 is 0. The van der Waals surface area contributed by atoms with E-state index in [1.807, 2.05) is 6.92 Å². The number of nitrogens with zero attached hydrogens (tertiary/aromatic N) is 2. The lowest BCUT2D eigenvalue weighted by atomic mass is 9.95. The Kier molecular flexibility index (Phi) is 4.04. The summed E-state index contributed by atoms with van der Waals surface area (Å²) < 4.78 is 5.49. The molecular formula is C14H20N2O3. The predicted molar refractivity (Wildman–Crippen MR) is 72.7 cm³/mol. The largest absolute Gasteiger partial charge is 0.478 e. The minimum Gasteiger partial charge on any atom is -0.478 e. The number of anilines is 1. The number of hydrogen-bond acceptors (Lipinski definition) is 4. The van der Waals surface area contributed by atoms with Crippen molar-refractivity contribution >= 4 is 11.8 Å². The minimum absolute atomic E-state index is 0.203. The van der Waals surface area contributed by atoms with Crippen molar-refractivity contribution in [2.75, 3.05) is 25.1 Å². The molecule has 0 spiro atoms. The number of aryl methyl sites for hydroxylation is 1. The molecule has 0 bridgehead atoms. The number of hydrogen-bond donors (Lipinski definition) is 1. The summed E-state index contributed by atoms with van der Waals surface area (Å²) in [5.74, 6) is 0.461.